The van der Waals surface area contributed by atoms with E-state index in [4.69, 9.17) is 11.6 Å². The van der Waals surface area contributed by atoms with Gasteiger partial charge in [-0.3, -0.25) is 0 Å². The van der Waals surface area contributed by atoms with E-state index in [1.165, 1.54) is 12.0 Å². The van der Waals surface area contributed by atoms with Gasteiger partial charge in [0.05, 0.1) is 12.2 Å². The van der Waals surface area contributed by atoms with Crippen LogP contribution in [0.25, 0.3) is 6.08 Å². The molecule has 7 unspecified atom stereocenters. The van der Waals surface area contributed by atoms with E-state index >= 15 is 0 Å². The topological polar surface area (TPSA) is 40.5 Å². The average molecular weight is 413 g/mol. The van der Waals surface area contributed by atoms with Gasteiger partial charge in [-0.25, -0.2) is 0 Å². The molecule has 0 saturated heterocycles. The minimum atomic E-state index is -0.379. The second-order valence-corrected chi connectivity index (χ2v) is 11.0. The summed E-state index contributed by atoms with van der Waals surface area (Å²) in [6.45, 7) is 4.77. The lowest BCUT2D eigenvalue weighted by Crippen LogP contribution is -2.51. The molecule has 3 saturated carbocycles. The van der Waals surface area contributed by atoms with Crippen molar-refractivity contribution < 1.29 is 10.2 Å². The maximum Gasteiger partial charge on any atom is 0.0809 e. The van der Waals surface area contributed by atoms with E-state index in [2.05, 4.69) is 26.0 Å². The standard InChI is InChI=1S/C26H33ClO2/c1-25-11-9-19(28)15-18(25)7-8-20-21(25)10-12-26(2)22(20)14-17(24(26)29)13-16-5-3-4-6-23(16)27/h3-7,13,19-22,24,28-29H,8-12,14-15H2,1-2H3. The van der Waals surface area contributed by atoms with Crippen LogP contribution in [0, 0.1) is 28.6 Å². The van der Waals surface area contributed by atoms with Crippen LogP contribution in [0.1, 0.15) is 64.4 Å². The van der Waals surface area contributed by atoms with Gasteiger partial charge in [0.15, 0.2) is 0 Å². The minimum absolute atomic E-state index is 0.0376. The van der Waals surface area contributed by atoms with E-state index in [0.29, 0.717) is 17.8 Å². The Morgan fingerprint density at radius 1 is 1.03 bits per heavy atom. The fourth-order valence-corrected chi connectivity index (χ4v) is 7.62. The summed E-state index contributed by atoms with van der Waals surface area (Å²) in [5.41, 5.74) is 3.88. The van der Waals surface area contributed by atoms with Crippen molar-refractivity contribution in [1.29, 1.82) is 0 Å². The van der Waals surface area contributed by atoms with Crippen molar-refractivity contribution in [3.8, 4) is 0 Å². The van der Waals surface area contributed by atoms with Crippen molar-refractivity contribution >= 4 is 17.7 Å². The lowest BCUT2D eigenvalue weighted by atomic mass is 9.48. The van der Waals surface area contributed by atoms with Gasteiger partial charge in [0.2, 0.25) is 0 Å². The molecule has 0 bridgehead atoms. The molecule has 0 heterocycles. The normalized spacial score (nSPS) is 45.3. The van der Waals surface area contributed by atoms with Crippen molar-refractivity contribution in [3.63, 3.8) is 0 Å². The number of hydrogen-bond acceptors (Lipinski definition) is 2. The highest BCUT2D eigenvalue weighted by Gasteiger charge is 2.59. The molecule has 4 aliphatic carbocycles. The zero-order chi connectivity index (χ0) is 20.4. The molecule has 7 atom stereocenters. The molecule has 29 heavy (non-hydrogen) atoms. The largest absolute Gasteiger partial charge is 0.393 e. The number of aliphatic hydroxyl groups excluding tert-OH is 2. The number of halogens is 1. The van der Waals surface area contributed by atoms with E-state index in [0.717, 1.165) is 54.7 Å². The highest BCUT2D eigenvalue weighted by Crippen LogP contribution is 2.65. The molecule has 4 aliphatic rings. The highest BCUT2D eigenvalue weighted by atomic mass is 35.5. The summed E-state index contributed by atoms with van der Waals surface area (Å²) < 4.78 is 0. The zero-order valence-electron chi connectivity index (χ0n) is 17.6. The van der Waals surface area contributed by atoms with Gasteiger partial charge in [-0.05, 0) is 85.3 Å². The number of fused-ring (bicyclic) bond motifs is 5. The monoisotopic (exact) mass is 412 g/mol. The van der Waals surface area contributed by atoms with Gasteiger partial charge in [0, 0.05) is 10.4 Å². The molecule has 0 spiro atoms. The van der Waals surface area contributed by atoms with Crippen LogP contribution in [-0.4, -0.2) is 22.4 Å². The second kappa shape index (κ2) is 6.97. The van der Waals surface area contributed by atoms with Crippen LogP contribution in [0.3, 0.4) is 0 Å². The summed E-state index contributed by atoms with van der Waals surface area (Å²) in [6, 6.07) is 7.93. The number of hydrogen-bond donors (Lipinski definition) is 2. The van der Waals surface area contributed by atoms with Crippen molar-refractivity contribution in [1.82, 2.24) is 0 Å². The quantitative estimate of drug-likeness (QED) is 0.554. The Morgan fingerprint density at radius 3 is 2.62 bits per heavy atom. The number of aliphatic hydroxyl groups is 2. The molecule has 1 aromatic rings. The van der Waals surface area contributed by atoms with Crippen molar-refractivity contribution in [2.24, 2.45) is 28.6 Å². The Labute approximate surface area is 179 Å². The Balaban J connectivity index is 1.48. The van der Waals surface area contributed by atoms with Crippen LogP contribution >= 0.6 is 11.6 Å². The second-order valence-electron chi connectivity index (χ2n) is 10.5. The predicted molar refractivity (Wildman–Crippen MR) is 119 cm³/mol. The third-order valence-electron chi connectivity index (χ3n) is 9.19. The summed E-state index contributed by atoms with van der Waals surface area (Å²) in [5, 5.41) is 22.3. The van der Waals surface area contributed by atoms with Gasteiger partial charge in [0.1, 0.15) is 0 Å². The first-order valence-corrected chi connectivity index (χ1v) is 11.7. The van der Waals surface area contributed by atoms with Crippen LogP contribution in [0.5, 0.6) is 0 Å². The number of rotatable bonds is 1. The molecular formula is C26H33ClO2. The maximum atomic E-state index is 11.4. The SMILES string of the molecule is CC12CCC(O)CC1=CCC1C2CCC2(C)C(O)C(=Cc3ccccc3Cl)CC12. The Kier molecular flexibility index (Phi) is 4.77. The van der Waals surface area contributed by atoms with Gasteiger partial charge in [-0.15, -0.1) is 0 Å². The van der Waals surface area contributed by atoms with Crippen LogP contribution in [0.15, 0.2) is 41.5 Å². The lowest BCUT2D eigenvalue weighted by molar-refractivity contribution is -0.0685. The highest BCUT2D eigenvalue weighted by molar-refractivity contribution is 6.32. The summed E-state index contributed by atoms with van der Waals surface area (Å²) in [4.78, 5) is 0. The lowest BCUT2D eigenvalue weighted by Gasteiger charge is -2.57. The van der Waals surface area contributed by atoms with E-state index in [1.54, 1.807) is 0 Å². The van der Waals surface area contributed by atoms with Gasteiger partial charge in [-0.2, -0.15) is 0 Å². The van der Waals surface area contributed by atoms with Gasteiger partial charge in [0.25, 0.3) is 0 Å². The first-order valence-electron chi connectivity index (χ1n) is 11.3. The van der Waals surface area contributed by atoms with Gasteiger partial charge < -0.3 is 10.2 Å². The van der Waals surface area contributed by atoms with Crippen LogP contribution in [0.2, 0.25) is 5.02 Å². The maximum absolute atomic E-state index is 11.4. The van der Waals surface area contributed by atoms with Gasteiger partial charge >= 0.3 is 0 Å². The number of allylic oxidation sites excluding steroid dienone is 1. The Morgan fingerprint density at radius 2 is 1.83 bits per heavy atom. The summed E-state index contributed by atoms with van der Waals surface area (Å²) in [7, 11) is 0. The van der Waals surface area contributed by atoms with Gasteiger partial charge in [-0.1, -0.05) is 61.4 Å². The molecule has 5 rings (SSSR count). The Hall–Kier alpha value is -1.09. The predicted octanol–water partition coefficient (Wildman–Crippen LogP) is 6.02. The van der Waals surface area contributed by atoms with Crippen LogP contribution < -0.4 is 0 Å². The molecule has 2 N–H and O–H groups in total. The first-order chi connectivity index (χ1) is 13.8. The van der Waals surface area contributed by atoms with E-state index < -0.39 is 0 Å². The van der Waals surface area contributed by atoms with E-state index in [9.17, 15) is 10.2 Å². The minimum Gasteiger partial charge on any atom is -0.393 e. The van der Waals surface area contributed by atoms with Crippen molar-refractivity contribution in [3.05, 3.63) is 52.1 Å². The number of benzene rings is 1. The molecule has 0 radical (unpaired) electrons. The van der Waals surface area contributed by atoms with Crippen LogP contribution in [-0.2, 0) is 0 Å². The molecule has 156 valence electrons. The van der Waals surface area contributed by atoms with E-state index in [-0.39, 0.29) is 23.0 Å². The average Bonchev–Trinajstić information content (AvgIpc) is 2.95. The fraction of sp³-hybridized carbons (Fsp3) is 0.615. The summed E-state index contributed by atoms with van der Waals surface area (Å²) in [6.07, 6.45) is 11.3. The third kappa shape index (κ3) is 2.98. The van der Waals surface area contributed by atoms with Crippen molar-refractivity contribution in [2.45, 2.75) is 71.0 Å². The molecule has 2 nitrogen and oxygen atoms in total. The molecule has 0 aromatic heterocycles. The molecule has 0 aliphatic heterocycles. The molecule has 3 heteroatoms. The van der Waals surface area contributed by atoms with E-state index in [1.807, 2.05) is 24.3 Å². The zero-order valence-corrected chi connectivity index (χ0v) is 18.3. The third-order valence-corrected chi connectivity index (χ3v) is 9.54. The molecule has 1 aromatic carbocycles. The first kappa shape index (κ1) is 19.8. The fourth-order valence-electron chi connectivity index (χ4n) is 7.43. The molecular weight excluding hydrogens is 380 g/mol. The summed E-state index contributed by atoms with van der Waals surface area (Å²) >= 11 is 6.40. The Bertz CT molecular complexity index is 873. The molecule has 3 fully saturated rings. The summed E-state index contributed by atoms with van der Waals surface area (Å²) in [5.74, 6) is 1.83. The van der Waals surface area contributed by atoms with Crippen molar-refractivity contribution in [2.75, 3.05) is 0 Å². The van der Waals surface area contributed by atoms with Crippen LogP contribution in [0.4, 0.5) is 0 Å². The molecule has 0 amide bonds. The smallest absolute Gasteiger partial charge is 0.0809 e.